The lowest BCUT2D eigenvalue weighted by Gasteiger charge is -2.08. The minimum atomic E-state index is -0.138. The minimum absolute atomic E-state index is 0.138. The highest BCUT2D eigenvalue weighted by Gasteiger charge is 2.08. The molecule has 4 heteroatoms. The predicted octanol–water partition coefficient (Wildman–Crippen LogP) is 1.43. The maximum absolute atomic E-state index is 13.7. The third kappa shape index (κ3) is 2.90. The van der Waals surface area contributed by atoms with Crippen molar-refractivity contribution in [2.24, 2.45) is 11.5 Å². The normalized spacial score (nSPS) is 10.6. The topological polar surface area (TPSA) is 52.0 Å². The smallest absolute Gasteiger partial charge is 0.129 e. The zero-order valence-electron chi connectivity index (χ0n) is 7.89. The van der Waals surface area contributed by atoms with E-state index in [4.69, 9.17) is 11.5 Å². The molecule has 0 aliphatic heterocycles. The molecule has 0 bridgehead atoms. The van der Waals surface area contributed by atoms with Crippen molar-refractivity contribution in [3.05, 3.63) is 32.6 Å². The summed E-state index contributed by atoms with van der Waals surface area (Å²) >= 11 is 2.18. The van der Waals surface area contributed by atoms with Crippen LogP contribution in [0, 0.1) is 9.39 Å². The van der Waals surface area contributed by atoms with E-state index >= 15 is 0 Å². The van der Waals surface area contributed by atoms with Crippen molar-refractivity contribution >= 4 is 22.6 Å². The highest BCUT2D eigenvalue weighted by molar-refractivity contribution is 14.1. The van der Waals surface area contributed by atoms with Crippen molar-refractivity contribution in [3.8, 4) is 0 Å². The summed E-state index contributed by atoms with van der Waals surface area (Å²) in [4.78, 5) is 0. The Hall–Kier alpha value is -0.200. The van der Waals surface area contributed by atoms with Gasteiger partial charge in [0.15, 0.2) is 0 Å². The van der Waals surface area contributed by atoms with Crippen LogP contribution in [0.1, 0.15) is 11.1 Å². The second-order valence-electron chi connectivity index (χ2n) is 3.12. The van der Waals surface area contributed by atoms with E-state index in [0.717, 1.165) is 3.57 Å². The summed E-state index contributed by atoms with van der Waals surface area (Å²) < 4.78 is 14.8. The van der Waals surface area contributed by atoms with Crippen LogP contribution >= 0.6 is 22.6 Å². The molecule has 1 aromatic carbocycles. The zero-order valence-corrected chi connectivity index (χ0v) is 10.1. The van der Waals surface area contributed by atoms with Crippen molar-refractivity contribution in [3.63, 3.8) is 0 Å². The Labute approximate surface area is 97.0 Å². The quantitative estimate of drug-likeness (QED) is 0.827. The summed E-state index contributed by atoms with van der Waals surface area (Å²) in [6.45, 7) is 0.943. The first-order valence-corrected chi connectivity index (χ1v) is 5.64. The number of rotatable bonds is 4. The van der Waals surface area contributed by atoms with Gasteiger partial charge in [-0.05, 0) is 71.8 Å². The van der Waals surface area contributed by atoms with Gasteiger partial charge in [0.25, 0.3) is 0 Å². The molecule has 0 atom stereocenters. The Morgan fingerprint density at radius 2 is 1.50 bits per heavy atom. The van der Waals surface area contributed by atoms with Gasteiger partial charge in [0, 0.05) is 3.57 Å². The zero-order chi connectivity index (χ0) is 10.6. The number of halogens is 2. The average molecular weight is 308 g/mol. The van der Waals surface area contributed by atoms with Gasteiger partial charge in [0.1, 0.15) is 5.82 Å². The van der Waals surface area contributed by atoms with Gasteiger partial charge in [-0.2, -0.15) is 0 Å². The molecule has 2 nitrogen and oxygen atoms in total. The lowest BCUT2D eigenvalue weighted by Crippen LogP contribution is -2.09. The van der Waals surface area contributed by atoms with Crippen LogP contribution in [0.25, 0.3) is 0 Å². The van der Waals surface area contributed by atoms with Crippen molar-refractivity contribution in [1.29, 1.82) is 0 Å². The molecule has 0 heterocycles. The molecule has 1 rings (SSSR count). The Balaban J connectivity index is 3.04. The monoisotopic (exact) mass is 308 g/mol. The molecule has 14 heavy (non-hydrogen) atoms. The van der Waals surface area contributed by atoms with Gasteiger partial charge < -0.3 is 11.5 Å². The van der Waals surface area contributed by atoms with Crippen molar-refractivity contribution < 1.29 is 4.39 Å². The second kappa shape index (κ2) is 5.63. The first-order valence-electron chi connectivity index (χ1n) is 4.56. The van der Waals surface area contributed by atoms with E-state index in [-0.39, 0.29) is 5.82 Å². The Morgan fingerprint density at radius 1 is 1.07 bits per heavy atom. The molecule has 4 N–H and O–H groups in total. The van der Waals surface area contributed by atoms with Gasteiger partial charge in [-0.3, -0.25) is 0 Å². The Morgan fingerprint density at radius 3 is 1.86 bits per heavy atom. The van der Waals surface area contributed by atoms with Gasteiger partial charge >= 0.3 is 0 Å². The lowest BCUT2D eigenvalue weighted by atomic mass is 10.0. The summed E-state index contributed by atoms with van der Waals surface area (Å²) in [5, 5.41) is 0. The van der Waals surface area contributed by atoms with E-state index in [9.17, 15) is 4.39 Å². The maximum Gasteiger partial charge on any atom is 0.129 e. The maximum atomic E-state index is 13.7. The first-order chi connectivity index (χ1) is 6.69. The minimum Gasteiger partial charge on any atom is -0.330 e. The van der Waals surface area contributed by atoms with Gasteiger partial charge in [0.2, 0.25) is 0 Å². The number of nitrogens with two attached hydrogens (primary N) is 2. The largest absolute Gasteiger partial charge is 0.330 e. The fourth-order valence-electron chi connectivity index (χ4n) is 1.38. The van der Waals surface area contributed by atoms with Crippen LogP contribution in [0.2, 0.25) is 0 Å². The number of hydrogen-bond acceptors (Lipinski definition) is 2. The highest BCUT2D eigenvalue weighted by Crippen LogP contribution is 2.18. The Bertz CT molecular complexity index is 288. The second-order valence-corrected chi connectivity index (χ2v) is 4.36. The third-order valence-corrected chi connectivity index (χ3v) is 2.64. The highest BCUT2D eigenvalue weighted by atomic mass is 127. The van der Waals surface area contributed by atoms with Gasteiger partial charge in [-0.15, -0.1) is 0 Å². The lowest BCUT2D eigenvalue weighted by molar-refractivity contribution is 0.591. The Kier molecular flexibility index (Phi) is 4.77. The fraction of sp³-hybridized carbons (Fsp3) is 0.400. The molecule has 0 saturated heterocycles. The van der Waals surface area contributed by atoms with Crippen LogP contribution in [-0.4, -0.2) is 13.1 Å². The predicted molar refractivity (Wildman–Crippen MR) is 64.6 cm³/mol. The van der Waals surface area contributed by atoms with Crippen LogP contribution < -0.4 is 11.5 Å². The molecule has 0 spiro atoms. The van der Waals surface area contributed by atoms with Crippen LogP contribution in [0.4, 0.5) is 4.39 Å². The van der Waals surface area contributed by atoms with Crippen LogP contribution in [-0.2, 0) is 12.8 Å². The molecule has 0 aliphatic rings. The standard InChI is InChI=1S/C10H14FIN2/c11-10-7(1-3-13)5-9(12)6-8(10)2-4-14/h5-6H,1-4,13-14H2. The van der Waals surface area contributed by atoms with Crippen molar-refractivity contribution in [1.82, 2.24) is 0 Å². The molecule has 0 fully saturated rings. The number of hydrogen-bond donors (Lipinski definition) is 2. The van der Waals surface area contributed by atoms with Crippen molar-refractivity contribution in [2.45, 2.75) is 12.8 Å². The summed E-state index contributed by atoms with van der Waals surface area (Å²) in [5.74, 6) is -0.138. The summed E-state index contributed by atoms with van der Waals surface area (Å²) in [7, 11) is 0. The first kappa shape index (κ1) is 11.9. The molecule has 0 aliphatic carbocycles. The molecule has 78 valence electrons. The van der Waals surface area contributed by atoms with E-state index < -0.39 is 0 Å². The van der Waals surface area contributed by atoms with E-state index in [0.29, 0.717) is 37.1 Å². The van der Waals surface area contributed by atoms with E-state index in [1.165, 1.54) is 0 Å². The molecule has 0 aromatic heterocycles. The van der Waals surface area contributed by atoms with Gasteiger partial charge in [-0.25, -0.2) is 4.39 Å². The van der Waals surface area contributed by atoms with E-state index in [2.05, 4.69) is 22.6 Å². The molecule has 0 amide bonds. The molecule has 1 aromatic rings. The SMILES string of the molecule is NCCc1cc(I)cc(CCN)c1F. The fourth-order valence-corrected chi connectivity index (χ4v) is 2.13. The summed E-state index contributed by atoms with van der Waals surface area (Å²) in [6, 6.07) is 3.67. The number of benzene rings is 1. The van der Waals surface area contributed by atoms with Gasteiger partial charge in [0.05, 0.1) is 0 Å². The molecule has 0 unspecified atom stereocenters. The molecular weight excluding hydrogens is 294 g/mol. The molecular formula is C10H14FIN2. The van der Waals surface area contributed by atoms with Crippen molar-refractivity contribution in [2.75, 3.05) is 13.1 Å². The third-order valence-electron chi connectivity index (χ3n) is 2.02. The van der Waals surface area contributed by atoms with Crippen LogP contribution in [0.15, 0.2) is 12.1 Å². The summed E-state index contributed by atoms with van der Waals surface area (Å²) in [5.41, 5.74) is 12.2. The van der Waals surface area contributed by atoms with Crippen LogP contribution in [0.3, 0.4) is 0 Å². The van der Waals surface area contributed by atoms with Gasteiger partial charge in [-0.1, -0.05) is 0 Å². The summed E-state index contributed by atoms with van der Waals surface area (Å²) in [6.07, 6.45) is 1.17. The van der Waals surface area contributed by atoms with E-state index in [1.807, 2.05) is 12.1 Å². The van der Waals surface area contributed by atoms with E-state index in [1.54, 1.807) is 0 Å². The van der Waals surface area contributed by atoms with Crippen LogP contribution in [0.5, 0.6) is 0 Å². The average Bonchev–Trinajstić information content (AvgIpc) is 2.14. The molecule has 0 saturated carbocycles. The molecule has 0 radical (unpaired) electrons.